The first-order valence-corrected chi connectivity index (χ1v) is 6.91. The molecule has 0 unspecified atom stereocenters. The van der Waals surface area contributed by atoms with Crippen molar-refractivity contribution in [3.05, 3.63) is 53.6 Å². The lowest BCUT2D eigenvalue weighted by molar-refractivity contribution is 0.273. The van der Waals surface area contributed by atoms with Gasteiger partial charge in [0.1, 0.15) is 17.2 Å². The van der Waals surface area contributed by atoms with Crippen molar-refractivity contribution in [1.29, 1.82) is 5.41 Å². The molecule has 110 valence electrons. The van der Waals surface area contributed by atoms with Crippen molar-refractivity contribution in [3.8, 4) is 17.2 Å². The Balaban J connectivity index is 1.89. The summed E-state index contributed by atoms with van der Waals surface area (Å²) >= 11 is 5.82. The Morgan fingerprint density at radius 3 is 2.05 bits per heavy atom. The molecule has 0 aliphatic heterocycles. The van der Waals surface area contributed by atoms with E-state index in [9.17, 15) is 0 Å². The Morgan fingerprint density at radius 2 is 1.48 bits per heavy atom. The Morgan fingerprint density at radius 1 is 0.952 bits per heavy atom. The molecule has 4 nitrogen and oxygen atoms in total. The first-order valence-electron chi connectivity index (χ1n) is 6.54. The highest BCUT2D eigenvalue weighted by molar-refractivity contribution is 6.30. The Labute approximate surface area is 128 Å². The normalized spacial score (nSPS) is 10.0. The van der Waals surface area contributed by atoms with Gasteiger partial charge in [-0.05, 0) is 55.5 Å². The van der Waals surface area contributed by atoms with Crippen molar-refractivity contribution in [2.45, 2.75) is 6.92 Å². The number of benzene rings is 2. The molecule has 0 bridgehead atoms. The van der Waals surface area contributed by atoms with E-state index in [0.717, 1.165) is 0 Å². The average molecular weight is 306 g/mol. The van der Waals surface area contributed by atoms with E-state index in [4.69, 9.17) is 31.2 Å². The van der Waals surface area contributed by atoms with Crippen LogP contribution in [0.4, 0.5) is 0 Å². The van der Waals surface area contributed by atoms with Gasteiger partial charge < -0.3 is 14.2 Å². The topological polar surface area (TPSA) is 51.5 Å². The summed E-state index contributed by atoms with van der Waals surface area (Å²) < 4.78 is 16.1. The monoisotopic (exact) mass is 305 g/mol. The van der Waals surface area contributed by atoms with Crippen LogP contribution < -0.4 is 9.47 Å². The van der Waals surface area contributed by atoms with Gasteiger partial charge in [-0.1, -0.05) is 11.6 Å². The van der Waals surface area contributed by atoms with E-state index in [-0.39, 0.29) is 12.5 Å². The van der Waals surface area contributed by atoms with Crippen LogP contribution in [-0.4, -0.2) is 19.1 Å². The smallest absolute Gasteiger partial charge is 0.219 e. The Kier molecular flexibility index (Phi) is 5.46. The average Bonchev–Trinajstić information content (AvgIpc) is 2.49. The summed E-state index contributed by atoms with van der Waals surface area (Å²) in [5, 5.41) is 8.13. The molecule has 0 heterocycles. The molecule has 0 aromatic heterocycles. The minimum absolute atomic E-state index is 0.110. The molecule has 0 spiro atoms. The fourth-order valence-electron chi connectivity index (χ4n) is 1.61. The quantitative estimate of drug-likeness (QED) is 0.630. The van der Waals surface area contributed by atoms with Gasteiger partial charge in [0.05, 0.1) is 6.61 Å². The van der Waals surface area contributed by atoms with Gasteiger partial charge in [0, 0.05) is 5.02 Å². The van der Waals surface area contributed by atoms with Gasteiger partial charge in [-0.3, -0.25) is 5.41 Å². The molecule has 2 aromatic rings. The highest BCUT2D eigenvalue weighted by Gasteiger charge is 2.01. The third-order valence-electron chi connectivity index (χ3n) is 2.56. The number of ether oxygens (including phenoxy) is 3. The van der Waals surface area contributed by atoms with Crippen molar-refractivity contribution in [1.82, 2.24) is 0 Å². The zero-order chi connectivity index (χ0) is 15.1. The molecule has 0 radical (unpaired) electrons. The van der Waals surface area contributed by atoms with Crippen molar-refractivity contribution in [3.63, 3.8) is 0 Å². The van der Waals surface area contributed by atoms with E-state index in [1.54, 1.807) is 48.5 Å². The van der Waals surface area contributed by atoms with Crippen LogP contribution in [-0.2, 0) is 4.74 Å². The third kappa shape index (κ3) is 5.00. The van der Waals surface area contributed by atoms with Gasteiger partial charge in [-0.15, -0.1) is 0 Å². The Bertz CT molecular complexity index is 581. The molecule has 0 fully saturated rings. The molecule has 0 amide bonds. The molecule has 0 atom stereocenters. The first-order chi connectivity index (χ1) is 10.2. The van der Waals surface area contributed by atoms with Gasteiger partial charge in [0.25, 0.3) is 0 Å². The predicted molar refractivity (Wildman–Crippen MR) is 82.8 cm³/mol. The van der Waals surface area contributed by atoms with Crippen LogP contribution in [0.1, 0.15) is 6.92 Å². The van der Waals surface area contributed by atoms with E-state index in [1.807, 2.05) is 6.92 Å². The molecular weight excluding hydrogens is 290 g/mol. The molecule has 21 heavy (non-hydrogen) atoms. The zero-order valence-corrected chi connectivity index (χ0v) is 12.4. The van der Waals surface area contributed by atoms with Crippen LogP contribution in [0.25, 0.3) is 0 Å². The van der Waals surface area contributed by atoms with Crippen molar-refractivity contribution in [2.24, 2.45) is 0 Å². The van der Waals surface area contributed by atoms with E-state index >= 15 is 0 Å². The first kappa shape index (κ1) is 15.2. The zero-order valence-electron chi connectivity index (χ0n) is 11.6. The van der Waals surface area contributed by atoms with E-state index < -0.39 is 0 Å². The molecule has 0 saturated heterocycles. The van der Waals surface area contributed by atoms with Crippen LogP contribution in [0.15, 0.2) is 48.5 Å². The number of rotatable bonds is 6. The summed E-state index contributed by atoms with van der Waals surface area (Å²) in [6.07, 6.45) is 0. The summed E-state index contributed by atoms with van der Waals surface area (Å²) in [4.78, 5) is 0. The number of hydrogen-bond donors (Lipinski definition) is 1. The highest BCUT2D eigenvalue weighted by Crippen LogP contribution is 2.24. The van der Waals surface area contributed by atoms with Gasteiger partial charge >= 0.3 is 0 Å². The molecule has 2 aromatic carbocycles. The van der Waals surface area contributed by atoms with E-state index in [1.165, 1.54) is 0 Å². The van der Waals surface area contributed by atoms with Gasteiger partial charge in [-0.2, -0.15) is 0 Å². The summed E-state index contributed by atoms with van der Waals surface area (Å²) in [5.41, 5.74) is 0. The SMILES string of the molecule is CCOC(=N)COc1ccc(Oc2ccc(Cl)cc2)cc1. The second-order valence-electron chi connectivity index (χ2n) is 4.17. The van der Waals surface area contributed by atoms with Crippen LogP contribution in [0, 0.1) is 5.41 Å². The predicted octanol–water partition coefficient (Wildman–Crippen LogP) is 4.52. The molecule has 2 rings (SSSR count). The third-order valence-corrected chi connectivity index (χ3v) is 2.81. The molecule has 0 aliphatic rings. The van der Waals surface area contributed by atoms with Crippen LogP contribution in [0.2, 0.25) is 5.02 Å². The number of halogens is 1. The van der Waals surface area contributed by atoms with Gasteiger partial charge in [0.2, 0.25) is 5.90 Å². The van der Waals surface area contributed by atoms with Gasteiger partial charge in [0.15, 0.2) is 6.61 Å². The Hall–Kier alpha value is -2.20. The molecular formula is C16H16ClNO3. The second-order valence-corrected chi connectivity index (χ2v) is 4.61. The summed E-state index contributed by atoms with van der Waals surface area (Å²) in [6.45, 7) is 2.42. The van der Waals surface area contributed by atoms with Crippen LogP contribution >= 0.6 is 11.6 Å². The lowest BCUT2D eigenvalue weighted by Crippen LogP contribution is -2.13. The van der Waals surface area contributed by atoms with Crippen molar-refractivity contribution in [2.75, 3.05) is 13.2 Å². The minimum Gasteiger partial charge on any atom is -0.484 e. The standard InChI is InChI=1S/C16H16ClNO3/c1-2-19-16(18)11-20-13-7-9-15(10-8-13)21-14-5-3-12(17)4-6-14/h3-10,18H,2,11H2,1H3. The van der Waals surface area contributed by atoms with Crippen LogP contribution in [0.5, 0.6) is 17.2 Å². The molecule has 0 saturated carbocycles. The maximum absolute atomic E-state index is 7.46. The lowest BCUT2D eigenvalue weighted by atomic mass is 10.3. The summed E-state index contributed by atoms with van der Waals surface area (Å²) in [7, 11) is 0. The van der Waals surface area contributed by atoms with Gasteiger partial charge in [-0.25, -0.2) is 0 Å². The highest BCUT2D eigenvalue weighted by atomic mass is 35.5. The molecule has 0 aliphatic carbocycles. The van der Waals surface area contributed by atoms with E-state index in [2.05, 4.69) is 0 Å². The summed E-state index contributed by atoms with van der Waals surface area (Å²) in [6, 6.07) is 14.3. The number of hydrogen-bond acceptors (Lipinski definition) is 4. The minimum atomic E-state index is 0.110. The molecule has 1 N–H and O–H groups in total. The van der Waals surface area contributed by atoms with Crippen LogP contribution in [0.3, 0.4) is 0 Å². The second kappa shape index (κ2) is 7.55. The maximum Gasteiger partial charge on any atom is 0.219 e. The fraction of sp³-hybridized carbons (Fsp3) is 0.188. The summed E-state index contributed by atoms with van der Waals surface area (Å²) in [5.74, 6) is 2.18. The van der Waals surface area contributed by atoms with Crippen molar-refractivity contribution >= 4 is 17.5 Å². The molecule has 5 heteroatoms. The number of nitrogens with one attached hydrogen (secondary N) is 1. The van der Waals surface area contributed by atoms with Crippen molar-refractivity contribution < 1.29 is 14.2 Å². The largest absolute Gasteiger partial charge is 0.484 e. The maximum atomic E-state index is 7.46. The van der Waals surface area contributed by atoms with E-state index in [0.29, 0.717) is 28.9 Å². The fourth-order valence-corrected chi connectivity index (χ4v) is 1.73. The lowest BCUT2D eigenvalue weighted by Gasteiger charge is -2.09.